The molecule has 0 spiro atoms. The summed E-state index contributed by atoms with van der Waals surface area (Å²) in [4.78, 5) is 12.2. The van der Waals surface area contributed by atoms with Crippen LogP contribution in [0, 0.1) is 0 Å². The van der Waals surface area contributed by atoms with Gasteiger partial charge < -0.3 is 25.2 Å². The van der Waals surface area contributed by atoms with Crippen molar-refractivity contribution in [2.24, 2.45) is 4.99 Å². The van der Waals surface area contributed by atoms with Gasteiger partial charge in [0.1, 0.15) is 5.75 Å². The van der Waals surface area contributed by atoms with Crippen molar-refractivity contribution in [3.63, 3.8) is 0 Å². The van der Waals surface area contributed by atoms with Crippen LogP contribution in [0.3, 0.4) is 0 Å². The zero-order valence-corrected chi connectivity index (χ0v) is 20.5. The zero-order valence-electron chi connectivity index (χ0n) is 20.5. The normalized spacial score (nSPS) is 19.8. The summed E-state index contributed by atoms with van der Waals surface area (Å²) in [6.45, 7) is 13.6. The number of guanidine groups is 1. The minimum absolute atomic E-state index is 0.327. The maximum absolute atomic E-state index is 5.46. The monoisotopic (exact) mass is 444 g/mol. The zero-order chi connectivity index (χ0) is 22.6. The first-order chi connectivity index (χ1) is 15.7. The molecule has 0 aliphatic carbocycles. The van der Waals surface area contributed by atoms with Gasteiger partial charge in [0.15, 0.2) is 5.96 Å². The van der Waals surface area contributed by atoms with E-state index in [-0.39, 0.29) is 0 Å². The topological polar surface area (TPSA) is 55.4 Å². The molecular weight excluding hydrogens is 400 g/mol. The Morgan fingerprint density at radius 3 is 2.47 bits per heavy atom. The molecule has 2 saturated heterocycles. The number of ether oxygens (including phenoxy) is 1. The molecule has 7 heteroatoms. The number of likely N-dealkylation sites (N-methyl/N-ethyl adjacent to an activating group) is 1. The lowest BCUT2D eigenvalue weighted by Gasteiger charge is -2.34. The average molecular weight is 445 g/mol. The molecule has 1 aromatic rings. The van der Waals surface area contributed by atoms with E-state index < -0.39 is 0 Å². The molecule has 1 unspecified atom stereocenters. The first-order valence-corrected chi connectivity index (χ1v) is 12.5. The lowest BCUT2D eigenvalue weighted by atomic mass is 10.1. The maximum Gasteiger partial charge on any atom is 0.191 e. The number of hydrogen-bond acceptors (Lipinski definition) is 5. The van der Waals surface area contributed by atoms with Gasteiger partial charge in [-0.2, -0.15) is 0 Å². The summed E-state index contributed by atoms with van der Waals surface area (Å²) >= 11 is 0. The third-order valence-electron chi connectivity index (χ3n) is 6.85. The summed E-state index contributed by atoms with van der Waals surface area (Å²) in [5.74, 6) is 1.82. The number of methoxy groups -OCH3 is 1. The number of aliphatic imine (C=N–C) groups is 1. The third kappa shape index (κ3) is 7.64. The number of likely N-dealkylation sites (tertiary alicyclic amines) is 1. The van der Waals surface area contributed by atoms with E-state index in [1.165, 1.54) is 70.5 Å². The Bertz CT molecular complexity index is 683. The van der Waals surface area contributed by atoms with Crippen molar-refractivity contribution in [3.8, 4) is 5.75 Å². The van der Waals surface area contributed by atoms with Crippen molar-refractivity contribution < 1.29 is 4.74 Å². The highest BCUT2D eigenvalue weighted by Gasteiger charge is 2.24. The first-order valence-electron chi connectivity index (χ1n) is 12.5. The Hall–Kier alpha value is -1.83. The molecule has 0 radical (unpaired) electrons. The van der Waals surface area contributed by atoms with Crippen LogP contribution < -0.4 is 15.4 Å². The third-order valence-corrected chi connectivity index (χ3v) is 6.85. The molecule has 0 aromatic heterocycles. The standard InChI is InChI=1S/C25H44N6O/c1-4-29-16-18-30(19-17-29)13-6-5-12-27-25(26-2)28-21-24(31-14-7-8-15-31)22-10-9-11-23(20-22)32-3/h9-11,20,24H,4-8,12-19,21H2,1-3H3,(H2,26,27,28). The molecule has 2 fully saturated rings. The fraction of sp³-hybridized carbons (Fsp3) is 0.720. The molecule has 32 heavy (non-hydrogen) atoms. The fourth-order valence-corrected chi connectivity index (χ4v) is 4.77. The number of rotatable bonds is 11. The predicted molar refractivity (Wildman–Crippen MR) is 134 cm³/mol. The Kier molecular flexibility index (Phi) is 10.6. The quantitative estimate of drug-likeness (QED) is 0.311. The van der Waals surface area contributed by atoms with Gasteiger partial charge in [-0.3, -0.25) is 9.89 Å². The van der Waals surface area contributed by atoms with Gasteiger partial charge in [-0.15, -0.1) is 0 Å². The van der Waals surface area contributed by atoms with Crippen LogP contribution in [0.2, 0.25) is 0 Å². The summed E-state index contributed by atoms with van der Waals surface area (Å²) in [7, 11) is 3.60. The van der Waals surface area contributed by atoms with Crippen molar-refractivity contribution >= 4 is 5.96 Å². The van der Waals surface area contributed by atoms with Crippen LogP contribution in [-0.4, -0.2) is 100 Å². The molecule has 0 amide bonds. The van der Waals surface area contributed by atoms with Gasteiger partial charge >= 0.3 is 0 Å². The highest BCUT2D eigenvalue weighted by Crippen LogP contribution is 2.27. The smallest absolute Gasteiger partial charge is 0.191 e. The van der Waals surface area contributed by atoms with Crippen molar-refractivity contribution in [2.45, 2.75) is 38.6 Å². The van der Waals surface area contributed by atoms with E-state index in [2.05, 4.69) is 55.4 Å². The summed E-state index contributed by atoms with van der Waals surface area (Å²) in [5.41, 5.74) is 1.30. The van der Waals surface area contributed by atoms with E-state index in [9.17, 15) is 0 Å². The van der Waals surface area contributed by atoms with Crippen LogP contribution in [0.4, 0.5) is 0 Å². The minimum atomic E-state index is 0.327. The molecule has 2 aliphatic heterocycles. The van der Waals surface area contributed by atoms with Crippen molar-refractivity contribution in [3.05, 3.63) is 29.8 Å². The van der Waals surface area contributed by atoms with E-state index >= 15 is 0 Å². The molecule has 1 atom stereocenters. The van der Waals surface area contributed by atoms with E-state index in [0.717, 1.165) is 37.9 Å². The summed E-state index contributed by atoms with van der Waals surface area (Å²) in [6.07, 6.45) is 4.96. The van der Waals surface area contributed by atoms with Gasteiger partial charge in [0.2, 0.25) is 0 Å². The number of nitrogens with zero attached hydrogens (tertiary/aromatic N) is 4. The highest BCUT2D eigenvalue weighted by atomic mass is 16.5. The number of unbranched alkanes of at least 4 members (excludes halogenated alkanes) is 1. The van der Waals surface area contributed by atoms with Crippen LogP contribution >= 0.6 is 0 Å². The van der Waals surface area contributed by atoms with Crippen LogP contribution in [0.15, 0.2) is 29.3 Å². The Morgan fingerprint density at radius 1 is 1.03 bits per heavy atom. The average Bonchev–Trinajstić information content (AvgIpc) is 3.38. The van der Waals surface area contributed by atoms with Gasteiger partial charge in [0.25, 0.3) is 0 Å². The molecule has 2 aliphatic rings. The second kappa shape index (κ2) is 13.7. The molecule has 1 aromatic carbocycles. The van der Waals surface area contributed by atoms with E-state index in [1.807, 2.05) is 13.1 Å². The van der Waals surface area contributed by atoms with Crippen LogP contribution in [-0.2, 0) is 0 Å². The summed E-state index contributed by atoms with van der Waals surface area (Å²) in [6, 6.07) is 8.81. The Labute approximate surface area is 195 Å². The van der Waals surface area contributed by atoms with Gasteiger partial charge in [0.05, 0.1) is 13.2 Å². The van der Waals surface area contributed by atoms with Crippen LogP contribution in [0.25, 0.3) is 0 Å². The highest BCUT2D eigenvalue weighted by molar-refractivity contribution is 5.79. The SMILES string of the molecule is CCN1CCN(CCCCNC(=NC)NCC(c2cccc(OC)c2)N2CCCC2)CC1. The summed E-state index contributed by atoms with van der Waals surface area (Å²) < 4.78 is 5.46. The number of hydrogen-bond donors (Lipinski definition) is 2. The lowest BCUT2D eigenvalue weighted by Crippen LogP contribution is -2.46. The minimum Gasteiger partial charge on any atom is -0.497 e. The lowest BCUT2D eigenvalue weighted by molar-refractivity contribution is 0.136. The second-order valence-electron chi connectivity index (χ2n) is 8.90. The molecule has 2 heterocycles. The molecule has 0 saturated carbocycles. The molecule has 180 valence electrons. The van der Waals surface area contributed by atoms with Crippen molar-refractivity contribution in [2.75, 3.05) is 79.6 Å². The van der Waals surface area contributed by atoms with Gasteiger partial charge in [0, 0.05) is 46.3 Å². The second-order valence-corrected chi connectivity index (χ2v) is 8.90. The molecule has 2 N–H and O–H groups in total. The molecule has 3 rings (SSSR count). The first kappa shape index (κ1) is 24.8. The predicted octanol–water partition coefficient (Wildman–Crippen LogP) is 2.41. The Balaban J connectivity index is 1.40. The van der Waals surface area contributed by atoms with Crippen molar-refractivity contribution in [1.29, 1.82) is 0 Å². The Morgan fingerprint density at radius 2 is 1.78 bits per heavy atom. The van der Waals surface area contributed by atoms with Gasteiger partial charge in [-0.05, 0) is 69.6 Å². The van der Waals surface area contributed by atoms with Crippen LogP contribution in [0.1, 0.15) is 44.2 Å². The number of benzene rings is 1. The van der Waals surface area contributed by atoms with E-state index in [4.69, 9.17) is 4.74 Å². The maximum atomic E-state index is 5.46. The number of piperazine rings is 1. The molecule has 0 bridgehead atoms. The number of nitrogens with one attached hydrogen (secondary N) is 2. The summed E-state index contributed by atoms with van der Waals surface area (Å²) in [5, 5.41) is 7.09. The van der Waals surface area contributed by atoms with Gasteiger partial charge in [-0.25, -0.2) is 0 Å². The van der Waals surface area contributed by atoms with E-state index in [1.54, 1.807) is 7.11 Å². The molecular formula is C25H44N6O. The van der Waals surface area contributed by atoms with E-state index in [0.29, 0.717) is 6.04 Å². The largest absolute Gasteiger partial charge is 0.497 e. The van der Waals surface area contributed by atoms with Crippen LogP contribution in [0.5, 0.6) is 5.75 Å². The fourth-order valence-electron chi connectivity index (χ4n) is 4.77. The van der Waals surface area contributed by atoms with Gasteiger partial charge in [-0.1, -0.05) is 19.1 Å². The molecule has 7 nitrogen and oxygen atoms in total. The van der Waals surface area contributed by atoms with Crippen molar-refractivity contribution in [1.82, 2.24) is 25.3 Å².